The number of fused-ring (bicyclic) bond motifs is 2. The van der Waals surface area contributed by atoms with E-state index >= 15 is 0 Å². The fourth-order valence-electron chi connectivity index (χ4n) is 3.80. The normalized spacial score (nSPS) is 30.0. The topological polar surface area (TPSA) is 55.8 Å². The molecule has 0 saturated carbocycles. The van der Waals surface area contributed by atoms with Crippen molar-refractivity contribution in [3.8, 4) is 0 Å². The van der Waals surface area contributed by atoms with Gasteiger partial charge in [0.05, 0.1) is 12.5 Å². The van der Waals surface area contributed by atoms with Gasteiger partial charge in [-0.25, -0.2) is 0 Å². The third kappa shape index (κ3) is 3.72. The van der Waals surface area contributed by atoms with Gasteiger partial charge < -0.3 is 9.47 Å². The Balaban J connectivity index is 1.56. The molecule has 2 aliphatic rings. The highest BCUT2D eigenvalue weighted by atomic mass is 16.6. The largest absolute Gasteiger partial charge is 0.462 e. The lowest BCUT2D eigenvalue weighted by molar-refractivity contribution is -0.154. The lowest BCUT2D eigenvalue weighted by Gasteiger charge is -2.36. The second kappa shape index (κ2) is 6.71. The molecule has 2 bridgehead atoms. The molecule has 0 unspecified atom stereocenters. The van der Waals surface area contributed by atoms with Gasteiger partial charge in [0.1, 0.15) is 12.2 Å². The lowest BCUT2D eigenvalue weighted by Crippen LogP contribution is -2.46. The summed E-state index contributed by atoms with van der Waals surface area (Å²) in [5.74, 6) is -0.428. The van der Waals surface area contributed by atoms with E-state index < -0.39 is 0 Å². The minimum atomic E-state index is -0.242. The van der Waals surface area contributed by atoms with Crippen molar-refractivity contribution in [2.75, 3.05) is 7.05 Å². The number of hydrogen-bond donors (Lipinski definition) is 0. The number of nitrogens with zero attached hydrogens (tertiary/aromatic N) is 1. The summed E-state index contributed by atoms with van der Waals surface area (Å²) in [5.41, 5.74) is 0.964. The molecule has 4 atom stereocenters. The third-order valence-electron chi connectivity index (χ3n) is 4.88. The molecule has 1 aromatic carbocycles. The van der Waals surface area contributed by atoms with Crippen LogP contribution >= 0.6 is 0 Å². The van der Waals surface area contributed by atoms with Crippen LogP contribution in [0.25, 0.3) is 0 Å². The van der Waals surface area contributed by atoms with Crippen LogP contribution in [0, 0.1) is 0 Å². The predicted molar refractivity (Wildman–Crippen MR) is 84.8 cm³/mol. The minimum Gasteiger partial charge on any atom is -0.462 e. The van der Waals surface area contributed by atoms with E-state index in [4.69, 9.17) is 9.47 Å². The summed E-state index contributed by atoms with van der Waals surface area (Å²) >= 11 is 0. The molecule has 2 saturated heterocycles. The molecule has 1 aromatic rings. The number of hydrogen-bond acceptors (Lipinski definition) is 5. The van der Waals surface area contributed by atoms with Gasteiger partial charge in [-0.2, -0.15) is 0 Å². The smallest absolute Gasteiger partial charge is 0.310 e. The van der Waals surface area contributed by atoms with E-state index in [1.165, 1.54) is 6.92 Å². The Labute approximate surface area is 136 Å². The molecule has 0 N–H and O–H groups in total. The lowest BCUT2D eigenvalue weighted by atomic mass is 10.00. The van der Waals surface area contributed by atoms with Gasteiger partial charge in [-0.3, -0.25) is 14.5 Å². The van der Waals surface area contributed by atoms with Crippen LogP contribution in [0.2, 0.25) is 0 Å². The number of rotatable bonds is 4. The van der Waals surface area contributed by atoms with Gasteiger partial charge in [-0.1, -0.05) is 30.3 Å². The van der Waals surface area contributed by atoms with Crippen LogP contribution in [-0.2, 0) is 25.5 Å². The number of piperidine rings is 1. The molecule has 5 nitrogen and oxygen atoms in total. The van der Waals surface area contributed by atoms with Crippen molar-refractivity contribution in [1.29, 1.82) is 0 Å². The van der Waals surface area contributed by atoms with Crippen LogP contribution in [0.15, 0.2) is 30.3 Å². The number of carbonyl (C=O) groups excluding carboxylic acids is 2. The van der Waals surface area contributed by atoms with Crippen LogP contribution in [0.5, 0.6) is 0 Å². The van der Waals surface area contributed by atoms with Gasteiger partial charge in [0, 0.05) is 32.2 Å². The average Bonchev–Trinajstić information content (AvgIpc) is 2.67. The molecule has 23 heavy (non-hydrogen) atoms. The van der Waals surface area contributed by atoms with E-state index in [-0.39, 0.29) is 30.2 Å². The second-order valence-electron chi connectivity index (χ2n) is 6.52. The highest BCUT2D eigenvalue weighted by Gasteiger charge is 2.47. The van der Waals surface area contributed by atoms with Gasteiger partial charge in [0.25, 0.3) is 0 Å². The van der Waals surface area contributed by atoms with Crippen molar-refractivity contribution in [1.82, 2.24) is 4.90 Å². The van der Waals surface area contributed by atoms with E-state index in [1.54, 1.807) is 0 Å². The fourth-order valence-corrected chi connectivity index (χ4v) is 3.80. The van der Waals surface area contributed by atoms with E-state index in [0.29, 0.717) is 12.5 Å². The summed E-state index contributed by atoms with van der Waals surface area (Å²) in [7, 11) is 2.06. The van der Waals surface area contributed by atoms with E-state index in [9.17, 15) is 9.59 Å². The summed E-state index contributed by atoms with van der Waals surface area (Å²) in [6, 6.07) is 10.1. The second-order valence-corrected chi connectivity index (χ2v) is 6.52. The van der Waals surface area contributed by atoms with Crippen molar-refractivity contribution in [2.45, 2.75) is 56.9 Å². The Hall–Kier alpha value is -1.88. The first-order valence-corrected chi connectivity index (χ1v) is 8.15. The van der Waals surface area contributed by atoms with Crippen LogP contribution in [0.4, 0.5) is 0 Å². The maximum atomic E-state index is 12.1. The molecule has 3 rings (SSSR count). The van der Waals surface area contributed by atoms with Gasteiger partial charge in [-0.05, 0) is 12.6 Å². The van der Waals surface area contributed by atoms with Gasteiger partial charge in [-0.15, -0.1) is 0 Å². The Kier molecular flexibility index (Phi) is 4.66. The van der Waals surface area contributed by atoms with Crippen molar-refractivity contribution in [3.05, 3.63) is 35.9 Å². The van der Waals surface area contributed by atoms with Crippen molar-refractivity contribution in [2.24, 2.45) is 0 Å². The Bertz CT molecular complexity index is 574. The SMILES string of the molecule is CC(=O)O[C@@H]1C[C@H]2C[C@@H](OC(=O)Cc3ccccc3)C[C@@H]1N2C. The van der Waals surface area contributed by atoms with E-state index in [2.05, 4.69) is 11.9 Å². The van der Waals surface area contributed by atoms with E-state index in [0.717, 1.165) is 24.8 Å². The number of esters is 2. The molecular weight excluding hydrogens is 294 g/mol. The van der Waals surface area contributed by atoms with Crippen molar-refractivity contribution in [3.63, 3.8) is 0 Å². The zero-order valence-corrected chi connectivity index (χ0v) is 13.6. The Morgan fingerprint density at radius 2 is 1.87 bits per heavy atom. The number of benzene rings is 1. The summed E-state index contributed by atoms with van der Waals surface area (Å²) in [5, 5.41) is 0. The van der Waals surface area contributed by atoms with Crippen LogP contribution < -0.4 is 0 Å². The van der Waals surface area contributed by atoms with Crippen molar-refractivity contribution < 1.29 is 19.1 Å². The number of ether oxygens (including phenoxy) is 2. The zero-order chi connectivity index (χ0) is 16.4. The van der Waals surface area contributed by atoms with E-state index in [1.807, 2.05) is 30.3 Å². The average molecular weight is 317 g/mol. The molecule has 124 valence electrons. The molecule has 0 aliphatic carbocycles. The molecule has 0 amide bonds. The van der Waals surface area contributed by atoms with Gasteiger partial charge >= 0.3 is 11.9 Å². The number of likely N-dealkylation sites (N-methyl/N-ethyl adjacent to an activating group) is 1. The quantitative estimate of drug-likeness (QED) is 0.794. The molecule has 2 heterocycles. The van der Waals surface area contributed by atoms with Gasteiger partial charge in [0.15, 0.2) is 0 Å². The third-order valence-corrected chi connectivity index (χ3v) is 4.88. The summed E-state index contributed by atoms with van der Waals surface area (Å²) < 4.78 is 11.1. The summed E-state index contributed by atoms with van der Waals surface area (Å²) in [6.07, 6.45) is 2.50. The molecular formula is C18H23NO4. The first kappa shape index (κ1) is 16.0. The fraction of sp³-hybridized carbons (Fsp3) is 0.556. The molecule has 5 heteroatoms. The van der Waals surface area contributed by atoms with Crippen LogP contribution in [-0.4, -0.2) is 48.2 Å². The zero-order valence-electron chi connectivity index (χ0n) is 13.6. The Morgan fingerprint density at radius 1 is 1.13 bits per heavy atom. The highest BCUT2D eigenvalue weighted by molar-refractivity contribution is 5.72. The van der Waals surface area contributed by atoms with Crippen LogP contribution in [0.1, 0.15) is 31.7 Å². The maximum Gasteiger partial charge on any atom is 0.310 e. The Morgan fingerprint density at radius 3 is 2.57 bits per heavy atom. The molecule has 2 fully saturated rings. The summed E-state index contributed by atoms with van der Waals surface area (Å²) in [4.78, 5) is 25.6. The number of carbonyl (C=O) groups is 2. The first-order valence-electron chi connectivity index (χ1n) is 8.15. The molecule has 0 aromatic heterocycles. The first-order chi connectivity index (χ1) is 11.0. The molecule has 0 spiro atoms. The monoisotopic (exact) mass is 317 g/mol. The summed E-state index contributed by atoms with van der Waals surface area (Å²) in [6.45, 7) is 1.44. The van der Waals surface area contributed by atoms with Crippen molar-refractivity contribution >= 4 is 11.9 Å². The standard InChI is InChI=1S/C18H23NO4/c1-12(20)22-17-10-14-9-15(11-16(17)19(14)2)23-18(21)8-13-6-4-3-5-7-13/h3-7,14-17H,8-11H2,1-2H3/t14-,15-,16+,17-/m1/s1. The van der Waals surface area contributed by atoms with Gasteiger partial charge in [0.2, 0.25) is 0 Å². The predicted octanol–water partition coefficient (Wildman–Crippen LogP) is 1.94. The maximum absolute atomic E-state index is 12.1. The molecule has 2 aliphatic heterocycles. The highest BCUT2D eigenvalue weighted by Crippen LogP contribution is 2.37. The minimum absolute atomic E-state index is 0.0830. The van der Waals surface area contributed by atoms with Crippen LogP contribution in [0.3, 0.4) is 0 Å². The molecule has 0 radical (unpaired) electrons.